The lowest BCUT2D eigenvalue weighted by Gasteiger charge is -2.27. The third-order valence-corrected chi connectivity index (χ3v) is 5.72. The van der Waals surface area contributed by atoms with Crippen LogP contribution in [0.1, 0.15) is 29.0 Å². The van der Waals surface area contributed by atoms with Gasteiger partial charge in [0.1, 0.15) is 0 Å². The Hall–Kier alpha value is -3.51. The van der Waals surface area contributed by atoms with Crippen LogP contribution < -0.4 is 5.32 Å². The average Bonchev–Trinajstić information content (AvgIpc) is 3.41. The first kappa shape index (κ1) is 18.5. The molecule has 6 heteroatoms. The van der Waals surface area contributed by atoms with Crippen molar-refractivity contribution in [2.75, 3.05) is 0 Å². The van der Waals surface area contributed by atoms with Gasteiger partial charge in [0, 0.05) is 30.5 Å². The summed E-state index contributed by atoms with van der Waals surface area (Å²) in [4.78, 5) is 11.3. The second-order valence-electron chi connectivity index (χ2n) is 7.26. The van der Waals surface area contributed by atoms with Gasteiger partial charge in [-0.25, -0.2) is 0 Å². The van der Waals surface area contributed by atoms with E-state index in [2.05, 4.69) is 55.3 Å². The van der Waals surface area contributed by atoms with Crippen molar-refractivity contribution in [3.05, 3.63) is 115 Å². The van der Waals surface area contributed by atoms with Crippen LogP contribution in [-0.4, -0.2) is 24.5 Å². The maximum Gasteiger partial charge on any atom is 0.170 e. The summed E-state index contributed by atoms with van der Waals surface area (Å²) in [6.07, 6.45) is 7.92. The minimum absolute atomic E-state index is 0.0133. The Labute approximate surface area is 181 Å². The molecule has 4 aromatic rings. The van der Waals surface area contributed by atoms with E-state index >= 15 is 0 Å². The fraction of sp³-hybridized carbons (Fsp3) is 0.125. The quantitative estimate of drug-likeness (QED) is 0.492. The fourth-order valence-electron chi connectivity index (χ4n) is 3.95. The van der Waals surface area contributed by atoms with E-state index in [0.717, 1.165) is 17.1 Å². The van der Waals surface area contributed by atoms with Crippen molar-refractivity contribution >= 4 is 17.3 Å². The molecule has 0 bridgehead atoms. The van der Waals surface area contributed by atoms with Gasteiger partial charge in [0.15, 0.2) is 5.11 Å². The molecule has 3 aromatic heterocycles. The third-order valence-electron chi connectivity index (χ3n) is 5.37. The molecule has 0 saturated carbocycles. The lowest BCUT2D eigenvalue weighted by Crippen LogP contribution is -2.29. The molecule has 4 heterocycles. The topological polar surface area (TPSA) is 46.0 Å². The maximum atomic E-state index is 5.75. The fourth-order valence-corrected chi connectivity index (χ4v) is 4.26. The Bertz CT molecular complexity index is 1130. The Morgan fingerprint density at radius 3 is 2.37 bits per heavy atom. The van der Waals surface area contributed by atoms with E-state index in [4.69, 9.17) is 12.2 Å². The Kier molecular flexibility index (Phi) is 4.99. The highest BCUT2D eigenvalue weighted by atomic mass is 32.1. The molecule has 1 aliphatic rings. The number of nitrogens with zero attached hydrogens (tertiary/aromatic N) is 4. The van der Waals surface area contributed by atoms with Crippen molar-refractivity contribution in [2.45, 2.75) is 18.6 Å². The molecule has 0 spiro atoms. The van der Waals surface area contributed by atoms with Gasteiger partial charge >= 0.3 is 0 Å². The first-order valence-corrected chi connectivity index (χ1v) is 10.3. The summed E-state index contributed by atoms with van der Waals surface area (Å²) >= 11 is 5.75. The summed E-state index contributed by atoms with van der Waals surface area (Å²) in [5.41, 5.74) is 4.26. The number of para-hydroxylation sites is 1. The molecule has 0 unspecified atom stereocenters. The van der Waals surface area contributed by atoms with Crippen molar-refractivity contribution in [2.24, 2.45) is 0 Å². The van der Waals surface area contributed by atoms with Gasteiger partial charge in [-0.05, 0) is 60.2 Å². The van der Waals surface area contributed by atoms with Crippen LogP contribution in [0.25, 0.3) is 5.69 Å². The summed E-state index contributed by atoms with van der Waals surface area (Å²) in [5.74, 6) is 0. The van der Waals surface area contributed by atoms with Crippen LogP contribution in [0.15, 0.2) is 97.6 Å². The molecule has 1 aromatic carbocycles. The minimum Gasteiger partial charge on any atom is -0.352 e. The number of hydrogen-bond donors (Lipinski definition) is 1. The van der Waals surface area contributed by atoms with Crippen LogP contribution in [0.2, 0.25) is 0 Å². The molecule has 30 heavy (non-hydrogen) atoms. The SMILES string of the molecule is S=C1N[C@H](c2ccccn2)[C@@H](c2ccn(-c3ccccc3)c2)N1Cc1ccccn1. The van der Waals surface area contributed by atoms with E-state index in [1.807, 2.05) is 67.0 Å². The number of rotatable bonds is 5. The van der Waals surface area contributed by atoms with E-state index in [9.17, 15) is 0 Å². The normalized spacial score (nSPS) is 18.4. The first-order valence-electron chi connectivity index (χ1n) is 9.91. The molecular formula is C24H21N5S. The van der Waals surface area contributed by atoms with Crippen LogP contribution >= 0.6 is 12.2 Å². The van der Waals surface area contributed by atoms with Crippen LogP contribution in [0, 0.1) is 0 Å². The number of thiocarbonyl (C=S) groups is 1. The van der Waals surface area contributed by atoms with Crippen molar-refractivity contribution in [3.8, 4) is 5.69 Å². The molecule has 2 atom stereocenters. The first-order chi connectivity index (χ1) is 14.8. The average molecular weight is 412 g/mol. The van der Waals surface area contributed by atoms with Gasteiger partial charge in [0.05, 0.1) is 30.0 Å². The standard InChI is InChI=1S/C24H21N5S/c30-24-27-22(21-11-5-7-14-26-21)23(29(24)17-19-8-4-6-13-25-19)18-12-15-28(16-18)20-9-2-1-3-10-20/h1-16,22-23H,17H2,(H,27,30)/t22-,23-/m1/s1. The zero-order chi connectivity index (χ0) is 20.3. The van der Waals surface area contributed by atoms with Crippen LogP contribution in [-0.2, 0) is 6.54 Å². The number of pyridine rings is 2. The zero-order valence-corrected chi connectivity index (χ0v) is 17.1. The van der Waals surface area contributed by atoms with Gasteiger partial charge in [-0.15, -0.1) is 0 Å². The van der Waals surface area contributed by atoms with E-state index in [1.54, 1.807) is 0 Å². The van der Waals surface area contributed by atoms with Crippen molar-refractivity contribution in [1.29, 1.82) is 0 Å². The lowest BCUT2D eigenvalue weighted by molar-refractivity contribution is 0.308. The van der Waals surface area contributed by atoms with Crippen LogP contribution in [0.4, 0.5) is 0 Å². The number of benzene rings is 1. The van der Waals surface area contributed by atoms with Crippen molar-refractivity contribution < 1.29 is 0 Å². The molecular weight excluding hydrogens is 390 g/mol. The van der Waals surface area contributed by atoms with E-state index in [0.29, 0.717) is 11.7 Å². The van der Waals surface area contributed by atoms with Gasteiger partial charge in [0.25, 0.3) is 0 Å². The molecule has 1 N–H and O–H groups in total. The van der Waals surface area contributed by atoms with E-state index in [1.165, 1.54) is 5.56 Å². The summed E-state index contributed by atoms with van der Waals surface area (Å²) in [6, 6.07) is 24.4. The summed E-state index contributed by atoms with van der Waals surface area (Å²) < 4.78 is 2.14. The molecule has 0 aliphatic carbocycles. The zero-order valence-electron chi connectivity index (χ0n) is 16.3. The molecule has 5 rings (SSSR count). The molecule has 148 valence electrons. The summed E-state index contributed by atoms with van der Waals surface area (Å²) in [6.45, 7) is 0.636. The Morgan fingerprint density at radius 1 is 0.867 bits per heavy atom. The molecule has 0 amide bonds. The van der Waals surface area contributed by atoms with E-state index in [-0.39, 0.29) is 12.1 Å². The van der Waals surface area contributed by atoms with Gasteiger partial charge in [0.2, 0.25) is 0 Å². The molecule has 1 fully saturated rings. The maximum absolute atomic E-state index is 5.75. The van der Waals surface area contributed by atoms with Gasteiger partial charge in [-0.2, -0.15) is 0 Å². The predicted molar refractivity (Wildman–Crippen MR) is 121 cm³/mol. The Balaban J connectivity index is 1.54. The van der Waals surface area contributed by atoms with Gasteiger partial charge in [-0.3, -0.25) is 9.97 Å². The summed E-state index contributed by atoms with van der Waals surface area (Å²) in [5, 5.41) is 4.21. The Morgan fingerprint density at radius 2 is 1.63 bits per heavy atom. The predicted octanol–water partition coefficient (Wildman–Crippen LogP) is 4.44. The van der Waals surface area contributed by atoms with Gasteiger partial charge in [-0.1, -0.05) is 30.3 Å². The highest BCUT2D eigenvalue weighted by Gasteiger charge is 2.40. The smallest absolute Gasteiger partial charge is 0.170 e. The van der Waals surface area contributed by atoms with Crippen molar-refractivity contribution in [1.82, 2.24) is 24.8 Å². The summed E-state index contributed by atoms with van der Waals surface area (Å²) in [7, 11) is 0. The number of hydrogen-bond acceptors (Lipinski definition) is 3. The highest BCUT2D eigenvalue weighted by molar-refractivity contribution is 7.80. The highest BCUT2D eigenvalue weighted by Crippen LogP contribution is 2.39. The lowest BCUT2D eigenvalue weighted by atomic mass is 9.99. The number of nitrogens with one attached hydrogen (secondary N) is 1. The molecule has 1 saturated heterocycles. The van der Waals surface area contributed by atoms with E-state index < -0.39 is 0 Å². The largest absolute Gasteiger partial charge is 0.352 e. The second-order valence-corrected chi connectivity index (χ2v) is 7.65. The third kappa shape index (κ3) is 3.57. The van der Waals surface area contributed by atoms with Crippen LogP contribution in [0.3, 0.4) is 0 Å². The van der Waals surface area contributed by atoms with Crippen molar-refractivity contribution in [3.63, 3.8) is 0 Å². The molecule has 0 radical (unpaired) electrons. The number of aromatic nitrogens is 3. The minimum atomic E-state index is -0.0333. The second kappa shape index (κ2) is 8.08. The molecule has 5 nitrogen and oxygen atoms in total. The monoisotopic (exact) mass is 411 g/mol. The molecule has 1 aliphatic heterocycles. The van der Waals surface area contributed by atoms with Gasteiger partial charge < -0.3 is 14.8 Å². The van der Waals surface area contributed by atoms with Crippen LogP contribution in [0.5, 0.6) is 0 Å².